The lowest BCUT2D eigenvalue weighted by Gasteiger charge is -2.01. The van der Waals surface area contributed by atoms with Crippen LogP contribution in [0.3, 0.4) is 0 Å². The fourth-order valence-corrected chi connectivity index (χ4v) is 3.29. The molecule has 0 radical (unpaired) electrons. The standard InChI is InChI=1S/C10H6ClN3OS2/c11-10-12-3-6(17-10)4-14-5-13-7-1-2-16-8(7)9(14)15/h1-3,5H,4H2. The quantitative estimate of drug-likeness (QED) is 0.726. The van der Waals surface area contributed by atoms with Crippen LogP contribution in [0.15, 0.2) is 28.8 Å². The normalized spacial score (nSPS) is 11.1. The summed E-state index contributed by atoms with van der Waals surface area (Å²) in [5, 5.41) is 1.87. The molecular weight excluding hydrogens is 278 g/mol. The van der Waals surface area contributed by atoms with Crippen molar-refractivity contribution in [1.29, 1.82) is 0 Å². The van der Waals surface area contributed by atoms with Crippen molar-refractivity contribution in [3.63, 3.8) is 0 Å². The molecule has 7 heteroatoms. The van der Waals surface area contributed by atoms with Gasteiger partial charge in [0.25, 0.3) is 5.56 Å². The van der Waals surface area contributed by atoms with E-state index in [1.165, 1.54) is 22.7 Å². The average molecular weight is 284 g/mol. The molecule has 3 rings (SSSR count). The predicted molar refractivity (Wildman–Crippen MR) is 70.1 cm³/mol. The van der Waals surface area contributed by atoms with E-state index in [0.717, 1.165) is 10.4 Å². The van der Waals surface area contributed by atoms with E-state index in [2.05, 4.69) is 9.97 Å². The summed E-state index contributed by atoms with van der Waals surface area (Å²) in [5.74, 6) is 0. The van der Waals surface area contributed by atoms with Crippen LogP contribution in [-0.2, 0) is 6.54 Å². The highest BCUT2D eigenvalue weighted by Gasteiger charge is 2.07. The van der Waals surface area contributed by atoms with Crippen molar-refractivity contribution >= 4 is 44.5 Å². The van der Waals surface area contributed by atoms with Crippen LogP contribution >= 0.6 is 34.3 Å². The molecule has 0 N–H and O–H groups in total. The van der Waals surface area contributed by atoms with Gasteiger partial charge in [0.2, 0.25) is 0 Å². The average Bonchev–Trinajstić information content (AvgIpc) is 2.92. The van der Waals surface area contributed by atoms with Crippen LogP contribution in [0.25, 0.3) is 10.2 Å². The lowest BCUT2D eigenvalue weighted by molar-refractivity contribution is 0.758. The number of hydrogen-bond acceptors (Lipinski definition) is 5. The van der Waals surface area contributed by atoms with Crippen molar-refractivity contribution in [2.45, 2.75) is 6.54 Å². The Morgan fingerprint density at radius 3 is 3.06 bits per heavy atom. The predicted octanol–water partition coefficient (Wildman–Crippen LogP) is 2.62. The van der Waals surface area contributed by atoms with Crippen LogP contribution in [0, 0.1) is 0 Å². The van der Waals surface area contributed by atoms with Gasteiger partial charge in [-0.05, 0) is 11.4 Å². The number of fused-ring (bicyclic) bond motifs is 1. The van der Waals surface area contributed by atoms with Crippen LogP contribution in [-0.4, -0.2) is 14.5 Å². The third-order valence-electron chi connectivity index (χ3n) is 2.29. The van der Waals surface area contributed by atoms with Gasteiger partial charge in [0, 0.05) is 11.1 Å². The summed E-state index contributed by atoms with van der Waals surface area (Å²) in [6.45, 7) is 0.462. The van der Waals surface area contributed by atoms with Gasteiger partial charge >= 0.3 is 0 Å². The van der Waals surface area contributed by atoms with Crippen molar-refractivity contribution < 1.29 is 0 Å². The fraction of sp³-hybridized carbons (Fsp3) is 0.100. The summed E-state index contributed by atoms with van der Waals surface area (Å²) in [4.78, 5) is 21.2. The van der Waals surface area contributed by atoms with E-state index < -0.39 is 0 Å². The Bertz CT molecular complexity index is 730. The number of rotatable bonds is 2. The van der Waals surface area contributed by atoms with Crippen LogP contribution < -0.4 is 5.56 Å². The highest BCUT2D eigenvalue weighted by Crippen LogP contribution is 2.19. The van der Waals surface area contributed by atoms with Gasteiger partial charge in [-0.1, -0.05) is 11.6 Å². The van der Waals surface area contributed by atoms with E-state index >= 15 is 0 Å². The van der Waals surface area contributed by atoms with Crippen LogP contribution in [0.1, 0.15) is 4.88 Å². The van der Waals surface area contributed by atoms with E-state index in [1.807, 2.05) is 11.4 Å². The number of thiazole rings is 1. The Kier molecular flexibility index (Phi) is 2.70. The van der Waals surface area contributed by atoms with Crippen molar-refractivity contribution in [3.8, 4) is 0 Å². The molecule has 86 valence electrons. The van der Waals surface area contributed by atoms with Gasteiger partial charge in [-0.15, -0.1) is 22.7 Å². The monoisotopic (exact) mass is 283 g/mol. The Balaban J connectivity index is 2.06. The van der Waals surface area contributed by atoms with Gasteiger partial charge in [-0.25, -0.2) is 9.97 Å². The first-order valence-electron chi connectivity index (χ1n) is 4.77. The minimum Gasteiger partial charge on any atom is -0.293 e. The molecule has 3 heterocycles. The first-order valence-corrected chi connectivity index (χ1v) is 6.84. The molecule has 0 fully saturated rings. The molecule has 0 bridgehead atoms. The molecule has 3 aromatic heterocycles. The number of halogens is 1. The molecule has 17 heavy (non-hydrogen) atoms. The highest BCUT2D eigenvalue weighted by atomic mass is 35.5. The van der Waals surface area contributed by atoms with Crippen molar-refractivity contribution in [2.24, 2.45) is 0 Å². The summed E-state index contributed by atoms with van der Waals surface area (Å²) in [6.07, 6.45) is 3.24. The highest BCUT2D eigenvalue weighted by molar-refractivity contribution is 7.17. The Morgan fingerprint density at radius 2 is 2.29 bits per heavy atom. The number of aromatic nitrogens is 3. The Morgan fingerprint density at radius 1 is 1.41 bits per heavy atom. The zero-order valence-electron chi connectivity index (χ0n) is 8.46. The van der Waals surface area contributed by atoms with Crippen LogP contribution in [0.2, 0.25) is 4.47 Å². The second-order valence-corrected chi connectivity index (χ2v) is 6.01. The second kappa shape index (κ2) is 4.21. The molecule has 0 aliphatic rings. The molecule has 4 nitrogen and oxygen atoms in total. The van der Waals surface area contributed by atoms with Gasteiger partial charge < -0.3 is 0 Å². The number of thiophene rings is 1. The number of nitrogens with zero attached hydrogens (tertiary/aromatic N) is 3. The minimum atomic E-state index is -0.0190. The maximum absolute atomic E-state index is 12.1. The number of hydrogen-bond donors (Lipinski definition) is 0. The van der Waals surface area contributed by atoms with E-state index in [-0.39, 0.29) is 5.56 Å². The van der Waals surface area contributed by atoms with E-state index in [1.54, 1.807) is 17.1 Å². The molecule has 0 saturated heterocycles. The molecule has 3 aromatic rings. The molecule has 0 amide bonds. The van der Waals surface area contributed by atoms with Gasteiger partial charge in [0.15, 0.2) is 4.47 Å². The maximum atomic E-state index is 12.1. The van der Waals surface area contributed by atoms with Gasteiger partial charge in [-0.3, -0.25) is 9.36 Å². The molecule has 0 aliphatic heterocycles. The van der Waals surface area contributed by atoms with Gasteiger partial charge in [0.05, 0.1) is 18.4 Å². The molecule has 0 unspecified atom stereocenters. The van der Waals surface area contributed by atoms with Crippen molar-refractivity contribution in [3.05, 3.63) is 43.7 Å². The minimum absolute atomic E-state index is 0.0190. The molecular formula is C10H6ClN3OS2. The Labute approximate surface area is 109 Å². The van der Waals surface area contributed by atoms with Gasteiger partial charge in [0.1, 0.15) is 4.70 Å². The zero-order chi connectivity index (χ0) is 11.8. The molecule has 0 spiro atoms. The van der Waals surface area contributed by atoms with E-state index in [9.17, 15) is 4.79 Å². The zero-order valence-corrected chi connectivity index (χ0v) is 10.8. The van der Waals surface area contributed by atoms with Crippen molar-refractivity contribution in [2.75, 3.05) is 0 Å². The first-order chi connectivity index (χ1) is 8.24. The summed E-state index contributed by atoms with van der Waals surface area (Å²) >= 11 is 8.53. The lowest BCUT2D eigenvalue weighted by Crippen LogP contribution is -2.19. The largest absolute Gasteiger partial charge is 0.293 e. The van der Waals surface area contributed by atoms with Crippen molar-refractivity contribution in [1.82, 2.24) is 14.5 Å². The smallest absolute Gasteiger partial charge is 0.271 e. The summed E-state index contributed by atoms with van der Waals surface area (Å²) in [7, 11) is 0. The summed E-state index contributed by atoms with van der Waals surface area (Å²) in [5.41, 5.74) is 0.730. The van der Waals surface area contributed by atoms with Crippen LogP contribution in [0.5, 0.6) is 0 Å². The molecule has 0 saturated carbocycles. The maximum Gasteiger partial charge on any atom is 0.271 e. The fourth-order valence-electron chi connectivity index (χ4n) is 1.52. The molecule has 0 aromatic carbocycles. The van der Waals surface area contributed by atoms with Crippen LogP contribution in [0.4, 0.5) is 0 Å². The third kappa shape index (κ3) is 1.99. The lowest BCUT2D eigenvalue weighted by atomic mass is 10.4. The topological polar surface area (TPSA) is 47.8 Å². The summed E-state index contributed by atoms with van der Waals surface area (Å²) < 4.78 is 2.74. The summed E-state index contributed by atoms with van der Waals surface area (Å²) in [6, 6.07) is 1.84. The SMILES string of the molecule is O=c1c2sccc2ncn1Cc1cnc(Cl)s1. The Hall–Kier alpha value is -1.24. The molecule has 0 aliphatic carbocycles. The van der Waals surface area contributed by atoms with Gasteiger partial charge in [-0.2, -0.15) is 0 Å². The van der Waals surface area contributed by atoms with E-state index in [0.29, 0.717) is 15.7 Å². The third-order valence-corrected chi connectivity index (χ3v) is 4.28. The first kappa shape index (κ1) is 10.9. The second-order valence-electron chi connectivity index (χ2n) is 3.39. The molecule has 0 atom stereocenters. The van der Waals surface area contributed by atoms with E-state index in [4.69, 9.17) is 11.6 Å².